The third-order valence-electron chi connectivity index (χ3n) is 4.26. The van der Waals surface area contributed by atoms with Crippen molar-refractivity contribution in [2.45, 2.75) is 58.9 Å². The van der Waals surface area contributed by atoms with Crippen LogP contribution in [-0.2, 0) is 4.79 Å². The summed E-state index contributed by atoms with van der Waals surface area (Å²) in [7, 11) is 0. The second-order valence-electron chi connectivity index (χ2n) is 5.78. The average molecular weight is 240 g/mol. The van der Waals surface area contributed by atoms with Crippen LogP contribution >= 0.6 is 0 Å². The van der Waals surface area contributed by atoms with E-state index in [1.165, 1.54) is 25.7 Å². The highest BCUT2D eigenvalue weighted by Gasteiger charge is 2.22. The average Bonchev–Trinajstić information content (AvgIpc) is 2.35. The highest BCUT2D eigenvalue weighted by Crippen LogP contribution is 2.27. The van der Waals surface area contributed by atoms with Crippen LogP contribution in [0.4, 0.5) is 0 Å². The lowest BCUT2D eigenvalue weighted by Gasteiger charge is -2.27. The van der Waals surface area contributed by atoms with Crippen molar-refractivity contribution >= 4 is 5.91 Å². The first-order valence-corrected chi connectivity index (χ1v) is 7.07. The molecule has 1 aliphatic rings. The number of carbonyl (C=O) groups excluding carboxylic acids is 1. The van der Waals surface area contributed by atoms with Crippen molar-refractivity contribution in [1.29, 1.82) is 0 Å². The number of carbonyl (C=O) groups is 1. The van der Waals surface area contributed by atoms with Crippen molar-refractivity contribution < 1.29 is 4.79 Å². The first kappa shape index (κ1) is 14.5. The summed E-state index contributed by atoms with van der Waals surface area (Å²) in [5.41, 5.74) is 5.90. The summed E-state index contributed by atoms with van der Waals surface area (Å²) in [5, 5.41) is 3.02. The molecule has 0 aromatic carbocycles. The van der Waals surface area contributed by atoms with Gasteiger partial charge < -0.3 is 11.1 Å². The van der Waals surface area contributed by atoms with Crippen LogP contribution in [0.15, 0.2) is 0 Å². The molecule has 1 saturated carbocycles. The van der Waals surface area contributed by atoms with E-state index < -0.39 is 0 Å². The predicted octanol–water partition coefficient (Wildman–Crippen LogP) is 2.30. The molecular formula is C14H28N2O. The molecule has 0 aromatic rings. The third-order valence-corrected chi connectivity index (χ3v) is 4.26. The topological polar surface area (TPSA) is 55.1 Å². The fourth-order valence-electron chi connectivity index (χ4n) is 2.41. The Morgan fingerprint density at radius 2 is 1.94 bits per heavy atom. The molecule has 1 fully saturated rings. The summed E-state index contributed by atoms with van der Waals surface area (Å²) in [6.45, 7) is 7.23. The fourth-order valence-corrected chi connectivity index (χ4v) is 2.41. The maximum absolute atomic E-state index is 11.8. The molecule has 3 nitrogen and oxygen atoms in total. The third kappa shape index (κ3) is 4.66. The molecule has 3 heteroatoms. The van der Waals surface area contributed by atoms with Gasteiger partial charge in [-0.3, -0.25) is 4.79 Å². The highest BCUT2D eigenvalue weighted by molar-refractivity contribution is 5.81. The van der Waals surface area contributed by atoms with E-state index in [1.807, 2.05) is 6.92 Å². The maximum Gasteiger partial charge on any atom is 0.237 e. The van der Waals surface area contributed by atoms with Crippen LogP contribution in [0.1, 0.15) is 52.9 Å². The Bertz CT molecular complexity index is 234. The lowest BCUT2D eigenvalue weighted by molar-refractivity contribution is -0.123. The molecule has 100 valence electrons. The van der Waals surface area contributed by atoms with Crippen molar-refractivity contribution in [3.05, 3.63) is 0 Å². The van der Waals surface area contributed by atoms with E-state index >= 15 is 0 Å². The van der Waals surface area contributed by atoms with Gasteiger partial charge in [0.2, 0.25) is 5.91 Å². The van der Waals surface area contributed by atoms with Crippen LogP contribution < -0.4 is 11.1 Å². The maximum atomic E-state index is 11.8. The van der Waals surface area contributed by atoms with Crippen LogP contribution in [0.5, 0.6) is 0 Å². The SMILES string of the molecule is CC[C@H](C)[C@H](N)C(=O)NCC1CCC(C)CC1. The molecule has 1 amide bonds. The molecule has 3 N–H and O–H groups in total. The smallest absolute Gasteiger partial charge is 0.237 e. The van der Waals surface area contributed by atoms with Crippen LogP contribution in [0.3, 0.4) is 0 Å². The number of nitrogens with one attached hydrogen (secondary N) is 1. The highest BCUT2D eigenvalue weighted by atomic mass is 16.2. The molecule has 17 heavy (non-hydrogen) atoms. The Kier molecular flexibility index (Phi) is 5.96. The van der Waals surface area contributed by atoms with Gasteiger partial charge in [0.05, 0.1) is 6.04 Å². The van der Waals surface area contributed by atoms with Crippen LogP contribution in [0, 0.1) is 17.8 Å². The Morgan fingerprint density at radius 1 is 1.35 bits per heavy atom. The van der Waals surface area contributed by atoms with Gasteiger partial charge in [-0.05, 0) is 30.6 Å². The number of hydrogen-bond acceptors (Lipinski definition) is 2. The Labute approximate surface area is 106 Å². The molecule has 0 bridgehead atoms. The summed E-state index contributed by atoms with van der Waals surface area (Å²) in [6.07, 6.45) is 6.06. The van der Waals surface area contributed by atoms with Crippen molar-refractivity contribution in [1.82, 2.24) is 5.32 Å². The van der Waals surface area contributed by atoms with Gasteiger partial charge in [0, 0.05) is 6.54 Å². The molecule has 0 unspecified atom stereocenters. The summed E-state index contributed by atoms with van der Waals surface area (Å²) in [4.78, 5) is 11.8. The molecule has 2 atom stereocenters. The van der Waals surface area contributed by atoms with E-state index in [0.717, 1.165) is 18.9 Å². The standard InChI is InChI=1S/C14H28N2O/c1-4-11(3)13(15)14(17)16-9-12-7-5-10(2)6-8-12/h10-13H,4-9,15H2,1-3H3,(H,16,17)/t10?,11-,12?,13-/m0/s1. The van der Waals surface area contributed by atoms with E-state index in [9.17, 15) is 4.79 Å². The summed E-state index contributed by atoms with van der Waals surface area (Å²) >= 11 is 0. The fraction of sp³-hybridized carbons (Fsp3) is 0.929. The van der Waals surface area contributed by atoms with Gasteiger partial charge in [0.1, 0.15) is 0 Å². The quantitative estimate of drug-likeness (QED) is 0.774. The molecular weight excluding hydrogens is 212 g/mol. The predicted molar refractivity (Wildman–Crippen MR) is 71.6 cm³/mol. The second-order valence-corrected chi connectivity index (χ2v) is 5.78. The zero-order valence-corrected chi connectivity index (χ0v) is 11.5. The zero-order valence-electron chi connectivity index (χ0n) is 11.5. The van der Waals surface area contributed by atoms with Gasteiger partial charge >= 0.3 is 0 Å². The monoisotopic (exact) mass is 240 g/mol. The molecule has 1 aliphatic carbocycles. The van der Waals surface area contributed by atoms with Crippen molar-refractivity contribution in [3.63, 3.8) is 0 Å². The normalized spacial score (nSPS) is 28.5. The Hall–Kier alpha value is -0.570. The van der Waals surface area contributed by atoms with Crippen molar-refractivity contribution in [2.24, 2.45) is 23.5 Å². The van der Waals surface area contributed by atoms with E-state index in [-0.39, 0.29) is 17.9 Å². The lowest BCUT2D eigenvalue weighted by atomic mass is 9.83. The van der Waals surface area contributed by atoms with E-state index in [1.54, 1.807) is 0 Å². The van der Waals surface area contributed by atoms with Crippen LogP contribution in [0.25, 0.3) is 0 Å². The van der Waals surface area contributed by atoms with E-state index in [4.69, 9.17) is 5.73 Å². The first-order chi connectivity index (χ1) is 8.04. The van der Waals surface area contributed by atoms with Gasteiger partial charge in [-0.15, -0.1) is 0 Å². The number of amides is 1. The van der Waals surface area contributed by atoms with Gasteiger partial charge in [0.25, 0.3) is 0 Å². The van der Waals surface area contributed by atoms with Gasteiger partial charge in [0.15, 0.2) is 0 Å². The molecule has 0 aromatic heterocycles. The minimum absolute atomic E-state index is 0.0259. The molecule has 0 heterocycles. The lowest BCUT2D eigenvalue weighted by Crippen LogP contribution is -2.46. The molecule has 0 saturated heterocycles. The van der Waals surface area contributed by atoms with E-state index in [0.29, 0.717) is 5.92 Å². The zero-order chi connectivity index (χ0) is 12.8. The summed E-state index contributed by atoms with van der Waals surface area (Å²) < 4.78 is 0. The van der Waals surface area contributed by atoms with Crippen LogP contribution in [-0.4, -0.2) is 18.5 Å². The van der Waals surface area contributed by atoms with Gasteiger partial charge in [-0.1, -0.05) is 40.0 Å². The van der Waals surface area contributed by atoms with Crippen molar-refractivity contribution in [3.8, 4) is 0 Å². The first-order valence-electron chi connectivity index (χ1n) is 7.07. The van der Waals surface area contributed by atoms with E-state index in [2.05, 4.69) is 19.2 Å². The second kappa shape index (κ2) is 7.00. The minimum Gasteiger partial charge on any atom is -0.354 e. The number of rotatable bonds is 5. The number of nitrogens with two attached hydrogens (primary N) is 1. The number of hydrogen-bond donors (Lipinski definition) is 2. The molecule has 0 spiro atoms. The van der Waals surface area contributed by atoms with Crippen molar-refractivity contribution in [2.75, 3.05) is 6.54 Å². The van der Waals surface area contributed by atoms with Gasteiger partial charge in [-0.25, -0.2) is 0 Å². The minimum atomic E-state index is -0.345. The van der Waals surface area contributed by atoms with Crippen LogP contribution in [0.2, 0.25) is 0 Å². The molecule has 0 aliphatic heterocycles. The summed E-state index contributed by atoms with van der Waals surface area (Å²) in [6, 6.07) is -0.345. The Balaban J connectivity index is 2.23. The van der Waals surface area contributed by atoms with Gasteiger partial charge in [-0.2, -0.15) is 0 Å². The largest absolute Gasteiger partial charge is 0.354 e. The molecule has 1 rings (SSSR count). The summed E-state index contributed by atoms with van der Waals surface area (Å²) in [5.74, 6) is 1.82. The molecule has 0 radical (unpaired) electrons. The Morgan fingerprint density at radius 3 is 2.47 bits per heavy atom.